The van der Waals surface area contributed by atoms with Crippen molar-refractivity contribution < 1.29 is 19.6 Å². The van der Waals surface area contributed by atoms with Crippen molar-refractivity contribution >= 4 is 17.3 Å². The molecule has 0 unspecified atom stereocenters. The summed E-state index contributed by atoms with van der Waals surface area (Å²) in [7, 11) is 0. The highest BCUT2D eigenvalue weighted by molar-refractivity contribution is 5.84. The van der Waals surface area contributed by atoms with Crippen molar-refractivity contribution in [3.8, 4) is 5.75 Å². The average molecular weight is 294 g/mol. The van der Waals surface area contributed by atoms with E-state index in [1.165, 1.54) is 12.1 Å². The Labute approximate surface area is 122 Å². The van der Waals surface area contributed by atoms with Gasteiger partial charge < -0.3 is 15.2 Å². The standard InChI is InChI=1S/C14H18N2O5/c1-2-6-21-12-8-10(7-11(9-12)16(19)20)15-14(13(17)18)4-3-5-14/h7-9,15H,2-6H2,1H3,(H,17,18). The summed E-state index contributed by atoms with van der Waals surface area (Å²) in [5.74, 6) is -0.565. The van der Waals surface area contributed by atoms with Gasteiger partial charge in [0.2, 0.25) is 0 Å². The maximum absolute atomic E-state index is 11.4. The van der Waals surface area contributed by atoms with E-state index in [0.29, 0.717) is 30.9 Å². The third-order valence-electron chi connectivity index (χ3n) is 3.58. The molecular weight excluding hydrogens is 276 g/mol. The number of anilines is 1. The van der Waals surface area contributed by atoms with Gasteiger partial charge in [-0.05, 0) is 25.7 Å². The quantitative estimate of drug-likeness (QED) is 0.592. The van der Waals surface area contributed by atoms with E-state index in [9.17, 15) is 20.0 Å². The first-order chi connectivity index (χ1) is 9.97. The van der Waals surface area contributed by atoms with E-state index in [1.54, 1.807) is 6.07 Å². The van der Waals surface area contributed by atoms with Crippen molar-refractivity contribution in [3.63, 3.8) is 0 Å². The van der Waals surface area contributed by atoms with Crippen LogP contribution in [0.1, 0.15) is 32.6 Å². The van der Waals surface area contributed by atoms with Crippen LogP contribution in [0.3, 0.4) is 0 Å². The number of carboxylic acids is 1. The fourth-order valence-electron chi connectivity index (χ4n) is 2.26. The van der Waals surface area contributed by atoms with E-state index in [4.69, 9.17) is 4.74 Å². The Hall–Kier alpha value is -2.31. The molecule has 2 rings (SSSR count). The van der Waals surface area contributed by atoms with E-state index < -0.39 is 16.4 Å². The fraction of sp³-hybridized carbons (Fsp3) is 0.500. The van der Waals surface area contributed by atoms with Crippen LogP contribution in [0.5, 0.6) is 5.75 Å². The summed E-state index contributed by atoms with van der Waals surface area (Å²) < 4.78 is 5.42. The third kappa shape index (κ3) is 3.24. The lowest BCUT2D eigenvalue weighted by molar-refractivity contribution is -0.384. The molecule has 114 valence electrons. The van der Waals surface area contributed by atoms with Gasteiger partial charge in [0.25, 0.3) is 5.69 Å². The van der Waals surface area contributed by atoms with Crippen LogP contribution in [-0.2, 0) is 4.79 Å². The molecule has 0 aliphatic heterocycles. The monoisotopic (exact) mass is 294 g/mol. The van der Waals surface area contributed by atoms with Gasteiger partial charge in [-0.2, -0.15) is 0 Å². The first kappa shape index (κ1) is 15.1. The predicted octanol–water partition coefficient (Wildman–Crippen LogP) is 2.80. The second kappa shape index (κ2) is 5.99. The minimum Gasteiger partial charge on any atom is -0.493 e. The molecule has 1 saturated carbocycles. The number of carbonyl (C=O) groups is 1. The number of aliphatic carboxylic acids is 1. The summed E-state index contributed by atoms with van der Waals surface area (Å²) >= 11 is 0. The van der Waals surface area contributed by atoms with E-state index >= 15 is 0 Å². The maximum atomic E-state index is 11.4. The number of ether oxygens (including phenoxy) is 1. The highest BCUT2D eigenvalue weighted by atomic mass is 16.6. The number of hydrogen-bond acceptors (Lipinski definition) is 5. The molecule has 0 amide bonds. The van der Waals surface area contributed by atoms with Gasteiger partial charge in [0, 0.05) is 17.8 Å². The predicted molar refractivity (Wildman–Crippen MR) is 76.7 cm³/mol. The first-order valence-corrected chi connectivity index (χ1v) is 6.91. The topological polar surface area (TPSA) is 102 Å². The molecule has 0 atom stereocenters. The first-order valence-electron chi connectivity index (χ1n) is 6.91. The van der Waals surface area contributed by atoms with Crippen molar-refractivity contribution in [3.05, 3.63) is 28.3 Å². The fourth-order valence-corrected chi connectivity index (χ4v) is 2.26. The number of nitro benzene ring substituents is 1. The lowest BCUT2D eigenvalue weighted by atomic mass is 9.76. The van der Waals surface area contributed by atoms with Gasteiger partial charge in [-0.15, -0.1) is 0 Å². The molecule has 1 aromatic rings. The van der Waals surface area contributed by atoms with E-state index in [1.807, 2.05) is 6.92 Å². The zero-order chi connectivity index (χ0) is 15.5. The highest BCUT2D eigenvalue weighted by Crippen LogP contribution is 2.37. The molecule has 0 saturated heterocycles. The summed E-state index contributed by atoms with van der Waals surface area (Å²) in [6.07, 6.45) is 2.63. The number of non-ortho nitro benzene ring substituents is 1. The Morgan fingerprint density at radius 1 is 1.48 bits per heavy atom. The van der Waals surface area contributed by atoms with Gasteiger partial charge >= 0.3 is 5.97 Å². The lowest BCUT2D eigenvalue weighted by Gasteiger charge is -2.39. The molecule has 0 radical (unpaired) electrons. The molecule has 21 heavy (non-hydrogen) atoms. The highest BCUT2D eigenvalue weighted by Gasteiger charge is 2.44. The SMILES string of the molecule is CCCOc1cc(NC2(C(=O)O)CCC2)cc([N+](=O)[O-])c1. The molecule has 0 bridgehead atoms. The number of nitro groups is 1. The number of nitrogens with zero attached hydrogens (tertiary/aromatic N) is 1. The van der Waals surface area contributed by atoms with Crippen LogP contribution in [0.4, 0.5) is 11.4 Å². The number of carboxylic acid groups (broad SMARTS) is 1. The van der Waals surface area contributed by atoms with Crippen LogP contribution >= 0.6 is 0 Å². The van der Waals surface area contributed by atoms with E-state index in [2.05, 4.69) is 5.32 Å². The van der Waals surface area contributed by atoms with Gasteiger partial charge in [-0.3, -0.25) is 10.1 Å². The molecule has 7 nitrogen and oxygen atoms in total. The van der Waals surface area contributed by atoms with Crippen LogP contribution in [0.15, 0.2) is 18.2 Å². The Kier molecular flexibility index (Phi) is 4.30. The lowest BCUT2D eigenvalue weighted by Crippen LogP contribution is -2.52. The van der Waals surface area contributed by atoms with Gasteiger partial charge in [-0.1, -0.05) is 6.92 Å². The maximum Gasteiger partial charge on any atom is 0.329 e. The van der Waals surface area contributed by atoms with Crippen LogP contribution in [0.25, 0.3) is 0 Å². The number of rotatable bonds is 7. The minimum atomic E-state index is -1.02. The molecular formula is C14H18N2O5. The van der Waals surface area contributed by atoms with Crippen molar-refractivity contribution in [1.82, 2.24) is 0 Å². The molecule has 0 aromatic heterocycles. The molecule has 1 aromatic carbocycles. The van der Waals surface area contributed by atoms with Crippen LogP contribution in [0, 0.1) is 10.1 Å². The smallest absolute Gasteiger partial charge is 0.329 e. The van der Waals surface area contributed by atoms with Crippen molar-refractivity contribution in [2.75, 3.05) is 11.9 Å². The van der Waals surface area contributed by atoms with Gasteiger partial charge in [0.15, 0.2) is 0 Å². The normalized spacial score (nSPS) is 15.9. The zero-order valence-corrected chi connectivity index (χ0v) is 11.8. The summed E-state index contributed by atoms with van der Waals surface area (Å²) in [6.45, 7) is 2.38. The zero-order valence-electron chi connectivity index (χ0n) is 11.8. The Morgan fingerprint density at radius 3 is 2.67 bits per heavy atom. The number of nitrogens with one attached hydrogen (secondary N) is 1. The second-order valence-corrected chi connectivity index (χ2v) is 5.19. The average Bonchev–Trinajstić information content (AvgIpc) is 2.39. The summed E-state index contributed by atoms with van der Waals surface area (Å²) in [5, 5.41) is 23.2. The molecule has 7 heteroatoms. The van der Waals surface area contributed by atoms with Gasteiger partial charge in [-0.25, -0.2) is 4.79 Å². The summed E-state index contributed by atoms with van der Waals surface area (Å²) in [5.41, 5.74) is -0.736. The molecule has 0 heterocycles. The minimum absolute atomic E-state index is 0.119. The molecule has 1 aliphatic carbocycles. The second-order valence-electron chi connectivity index (χ2n) is 5.19. The van der Waals surface area contributed by atoms with Gasteiger partial charge in [0.1, 0.15) is 11.3 Å². The van der Waals surface area contributed by atoms with Gasteiger partial charge in [0.05, 0.1) is 17.6 Å². The van der Waals surface area contributed by atoms with E-state index in [-0.39, 0.29) is 5.69 Å². The van der Waals surface area contributed by atoms with Crippen LogP contribution < -0.4 is 10.1 Å². The van der Waals surface area contributed by atoms with Crippen molar-refractivity contribution in [2.24, 2.45) is 0 Å². The number of benzene rings is 1. The molecule has 2 N–H and O–H groups in total. The largest absolute Gasteiger partial charge is 0.493 e. The third-order valence-corrected chi connectivity index (χ3v) is 3.58. The molecule has 0 spiro atoms. The van der Waals surface area contributed by atoms with E-state index in [0.717, 1.165) is 12.8 Å². The van der Waals surface area contributed by atoms with Crippen LogP contribution in [-0.4, -0.2) is 28.1 Å². The molecule has 1 aliphatic rings. The number of hydrogen-bond donors (Lipinski definition) is 2. The van der Waals surface area contributed by atoms with Crippen LogP contribution in [0.2, 0.25) is 0 Å². The summed E-state index contributed by atoms with van der Waals surface area (Å²) in [4.78, 5) is 21.8. The molecule has 1 fully saturated rings. The Balaban J connectivity index is 2.27. The van der Waals surface area contributed by atoms with Crippen molar-refractivity contribution in [1.29, 1.82) is 0 Å². The summed E-state index contributed by atoms with van der Waals surface area (Å²) in [6, 6.07) is 4.28. The Bertz CT molecular complexity index is 554. The van der Waals surface area contributed by atoms with Crippen molar-refractivity contribution in [2.45, 2.75) is 38.1 Å². The Morgan fingerprint density at radius 2 is 2.19 bits per heavy atom.